The van der Waals surface area contributed by atoms with Crippen molar-refractivity contribution in [1.82, 2.24) is 4.98 Å². The summed E-state index contributed by atoms with van der Waals surface area (Å²) in [5, 5.41) is 6.66. The number of amides is 1. The summed E-state index contributed by atoms with van der Waals surface area (Å²) in [7, 11) is 0. The molecular formula is C19H22ClN3O2. The maximum Gasteiger partial charge on any atom is 0.274 e. The molecule has 25 heavy (non-hydrogen) atoms. The molecule has 0 saturated carbocycles. The van der Waals surface area contributed by atoms with E-state index >= 15 is 0 Å². The summed E-state index contributed by atoms with van der Waals surface area (Å²) in [6.07, 6.45) is 4.12. The van der Waals surface area contributed by atoms with Crippen LogP contribution in [-0.2, 0) is 4.74 Å². The van der Waals surface area contributed by atoms with E-state index in [1.807, 2.05) is 32.0 Å². The first-order chi connectivity index (χ1) is 12.0. The fraction of sp³-hybridized carbons (Fsp3) is 0.368. The number of pyridine rings is 1. The van der Waals surface area contributed by atoms with Gasteiger partial charge in [-0.25, -0.2) is 4.98 Å². The van der Waals surface area contributed by atoms with Gasteiger partial charge in [0.15, 0.2) is 0 Å². The van der Waals surface area contributed by atoms with Crippen molar-refractivity contribution in [2.24, 2.45) is 0 Å². The van der Waals surface area contributed by atoms with Crippen LogP contribution in [0, 0.1) is 13.8 Å². The van der Waals surface area contributed by atoms with Gasteiger partial charge in [0, 0.05) is 13.2 Å². The van der Waals surface area contributed by atoms with Crippen molar-refractivity contribution < 1.29 is 9.53 Å². The number of nitrogens with one attached hydrogen (secondary N) is 2. The minimum Gasteiger partial charge on any atom is -0.381 e. The predicted molar refractivity (Wildman–Crippen MR) is 101 cm³/mol. The highest BCUT2D eigenvalue weighted by molar-refractivity contribution is 6.34. The Morgan fingerprint density at radius 3 is 2.84 bits per heavy atom. The standard InChI is InChI=1S/C19H22ClN3O2/c1-12-8-13(2)18(16(20)9-12)23-19(24)17-6-5-14(10-22-17)21-11-15-4-3-7-25-15/h5-6,8-10,15,21H,3-4,7,11H2,1-2H3,(H,23,24). The second-order valence-electron chi connectivity index (χ2n) is 6.34. The van der Waals surface area contributed by atoms with Crippen molar-refractivity contribution in [2.75, 3.05) is 23.8 Å². The molecule has 132 valence electrons. The Labute approximate surface area is 152 Å². The highest BCUT2D eigenvalue weighted by atomic mass is 35.5. The number of ether oxygens (including phenoxy) is 1. The molecule has 1 saturated heterocycles. The fourth-order valence-corrected chi connectivity index (χ4v) is 3.29. The second-order valence-corrected chi connectivity index (χ2v) is 6.75. The van der Waals surface area contributed by atoms with Gasteiger partial charge in [0.05, 0.1) is 28.7 Å². The van der Waals surface area contributed by atoms with Gasteiger partial charge in [-0.05, 0) is 56.0 Å². The van der Waals surface area contributed by atoms with Crippen LogP contribution in [0.25, 0.3) is 0 Å². The molecule has 1 amide bonds. The molecule has 3 rings (SSSR count). The molecular weight excluding hydrogens is 338 g/mol. The van der Waals surface area contributed by atoms with Crippen LogP contribution in [0.1, 0.15) is 34.5 Å². The molecule has 1 aromatic heterocycles. The lowest BCUT2D eigenvalue weighted by Crippen LogP contribution is -2.19. The van der Waals surface area contributed by atoms with E-state index < -0.39 is 0 Å². The van der Waals surface area contributed by atoms with Crippen molar-refractivity contribution in [2.45, 2.75) is 32.8 Å². The Balaban J connectivity index is 1.62. The maximum atomic E-state index is 12.4. The molecule has 0 radical (unpaired) electrons. The first-order valence-corrected chi connectivity index (χ1v) is 8.80. The average molecular weight is 360 g/mol. The number of anilines is 2. The summed E-state index contributed by atoms with van der Waals surface area (Å²) in [6.45, 7) is 5.48. The van der Waals surface area contributed by atoms with Crippen molar-refractivity contribution in [1.29, 1.82) is 0 Å². The molecule has 1 aromatic carbocycles. The topological polar surface area (TPSA) is 63.2 Å². The molecule has 0 spiro atoms. The Hall–Kier alpha value is -2.11. The van der Waals surface area contributed by atoms with Gasteiger partial charge >= 0.3 is 0 Å². The molecule has 5 nitrogen and oxygen atoms in total. The van der Waals surface area contributed by atoms with Crippen molar-refractivity contribution in [3.05, 3.63) is 52.3 Å². The minimum absolute atomic E-state index is 0.259. The first-order valence-electron chi connectivity index (χ1n) is 8.42. The van der Waals surface area contributed by atoms with Gasteiger partial charge in [0.25, 0.3) is 5.91 Å². The van der Waals surface area contributed by atoms with Gasteiger partial charge in [-0.2, -0.15) is 0 Å². The lowest BCUT2D eigenvalue weighted by atomic mass is 10.1. The van der Waals surface area contributed by atoms with Crippen LogP contribution in [0.2, 0.25) is 5.02 Å². The molecule has 2 heterocycles. The molecule has 1 fully saturated rings. The molecule has 1 aliphatic rings. The van der Waals surface area contributed by atoms with Crippen molar-refractivity contribution in [3.63, 3.8) is 0 Å². The van der Waals surface area contributed by atoms with Crippen LogP contribution >= 0.6 is 11.6 Å². The predicted octanol–water partition coefficient (Wildman–Crippen LogP) is 4.20. The summed E-state index contributed by atoms with van der Waals surface area (Å²) < 4.78 is 5.57. The molecule has 6 heteroatoms. The second kappa shape index (κ2) is 7.85. The Morgan fingerprint density at radius 2 is 2.20 bits per heavy atom. The van der Waals surface area contributed by atoms with Gasteiger partial charge in [-0.1, -0.05) is 17.7 Å². The van der Waals surface area contributed by atoms with E-state index in [2.05, 4.69) is 15.6 Å². The zero-order valence-corrected chi connectivity index (χ0v) is 15.2. The quantitative estimate of drug-likeness (QED) is 0.840. The number of nitrogens with zero attached hydrogens (tertiary/aromatic N) is 1. The summed E-state index contributed by atoms with van der Waals surface area (Å²) in [6, 6.07) is 7.35. The highest BCUT2D eigenvalue weighted by Gasteiger charge is 2.15. The molecule has 2 N–H and O–H groups in total. The Kier molecular flexibility index (Phi) is 5.56. The van der Waals surface area contributed by atoms with Crippen LogP contribution in [0.3, 0.4) is 0 Å². The van der Waals surface area contributed by atoms with E-state index in [9.17, 15) is 4.79 Å². The molecule has 2 aromatic rings. The van der Waals surface area contributed by atoms with Crippen LogP contribution in [0.15, 0.2) is 30.5 Å². The van der Waals surface area contributed by atoms with Crippen LogP contribution in [-0.4, -0.2) is 30.1 Å². The normalized spacial score (nSPS) is 16.7. The average Bonchev–Trinajstić information content (AvgIpc) is 3.10. The molecule has 1 aliphatic heterocycles. The summed E-state index contributed by atoms with van der Waals surface area (Å²) in [5.41, 5.74) is 3.82. The molecule has 0 bridgehead atoms. The third kappa shape index (κ3) is 4.50. The van der Waals surface area contributed by atoms with Gasteiger partial charge in [-0.3, -0.25) is 4.79 Å². The number of carbonyl (C=O) groups is 1. The van der Waals surface area contributed by atoms with Crippen LogP contribution in [0.5, 0.6) is 0 Å². The maximum absolute atomic E-state index is 12.4. The third-order valence-corrected chi connectivity index (χ3v) is 4.52. The number of halogens is 1. The van der Waals surface area contributed by atoms with Gasteiger partial charge in [0.2, 0.25) is 0 Å². The van der Waals surface area contributed by atoms with Crippen molar-refractivity contribution in [3.8, 4) is 0 Å². The lowest BCUT2D eigenvalue weighted by molar-refractivity contribution is 0.102. The summed E-state index contributed by atoms with van der Waals surface area (Å²) in [5.74, 6) is -0.278. The Morgan fingerprint density at radius 1 is 1.36 bits per heavy atom. The third-order valence-electron chi connectivity index (χ3n) is 4.22. The number of carbonyl (C=O) groups excluding carboxylic acids is 1. The smallest absolute Gasteiger partial charge is 0.274 e. The summed E-state index contributed by atoms with van der Waals surface area (Å²) in [4.78, 5) is 16.6. The number of rotatable bonds is 5. The Bertz CT molecular complexity index is 733. The number of aryl methyl sites for hydroxylation is 2. The van der Waals surface area contributed by atoms with E-state index in [0.29, 0.717) is 16.4 Å². The van der Waals surface area contributed by atoms with Gasteiger partial charge < -0.3 is 15.4 Å². The fourth-order valence-electron chi connectivity index (χ4n) is 2.92. The minimum atomic E-state index is -0.278. The monoisotopic (exact) mass is 359 g/mol. The highest BCUT2D eigenvalue weighted by Crippen LogP contribution is 2.27. The number of hydrogen-bond acceptors (Lipinski definition) is 4. The zero-order valence-electron chi connectivity index (χ0n) is 14.4. The van der Waals surface area contributed by atoms with Gasteiger partial charge in [0.1, 0.15) is 5.69 Å². The van der Waals surface area contributed by atoms with Gasteiger partial charge in [-0.15, -0.1) is 0 Å². The van der Waals surface area contributed by atoms with Crippen molar-refractivity contribution >= 4 is 28.9 Å². The van der Waals surface area contributed by atoms with E-state index in [-0.39, 0.29) is 12.0 Å². The van der Waals surface area contributed by atoms with Crippen LogP contribution in [0.4, 0.5) is 11.4 Å². The number of benzene rings is 1. The molecule has 0 aliphatic carbocycles. The lowest BCUT2D eigenvalue weighted by Gasteiger charge is -2.13. The zero-order chi connectivity index (χ0) is 17.8. The van der Waals surface area contributed by atoms with E-state index in [0.717, 1.165) is 42.8 Å². The number of aromatic nitrogens is 1. The first kappa shape index (κ1) is 17.7. The van der Waals surface area contributed by atoms with Crippen LogP contribution < -0.4 is 10.6 Å². The molecule has 1 atom stereocenters. The summed E-state index contributed by atoms with van der Waals surface area (Å²) >= 11 is 6.24. The van der Waals surface area contributed by atoms with E-state index in [1.165, 1.54) is 0 Å². The number of hydrogen-bond donors (Lipinski definition) is 2. The van der Waals surface area contributed by atoms with E-state index in [4.69, 9.17) is 16.3 Å². The largest absolute Gasteiger partial charge is 0.381 e. The SMILES string of the molecule is Cc1cc(C)c(NC(=O)c2ccc(NCC3CCCO3)cn2)c(Cl)c1. The molecule has 1 unspecified atom stereocenters. The van der Waals surface area contributed by atoms with E-state index in [1.54, 1.807) is 12.3 Å².